The minimum atomic E-state index is 0.212. The third-order valence-electron chi connectivity index (χ3n) is 4.86. The van der Waals surface area contributed by atoms with Gasteiger partial charge in [-0.2, -0.15) is 0 Å². The Hall–Kier alpha value is -0.0800. The summed E-state index contributed by atoms with van der Waals surface area (Å²) in [5.41, 5.74) is 6.76. The molecule has 2 nitrogen and oxygen atoms in total. The van der Waals surface area contributed by atoms with E-state index in [9.17, 15) is 0 Å². The van der Waals surface area contributed by atoms with Crippen LogP contribution in [-0.4, -0.2) is 18.6 Å². The zero-order chi connectivity index (χ0) is 12.7. The summed E-state index contributed by atoms with van der Waals surface area (Å²) in [4.78, 5) is 0. The SMILES string of the molecule is CC1CC(C)(C)CC(CN)(NCC2CC2C)C1. The first-order chi connectivity index (χ1) is 7.86. The quantitative estimate of drug-likeness (QED) is 0.790. The smallest absolute Gasteiger partial charge is 0.0311 e. The van der Waals surface area contributed by atoms with Crippen LogP contribution in [0.2, 0.25) is 0 Å². The van der Waals surface area contributed by atoms with Crippen LogP contribution < -0.4 is 11.1 Å². The maximum atomic E-state index is 6.10. The van der Waals surface area contributed by atoms with Crippen LogP contribution in [0.4, 0.5) is 0 Å². The molecule has 17 heavy (non-hydrogen) atoms. The summed E-state index contributed by atoms with van der Waals surface area (Å²) in [7, 11) is 0. The molecule has 0 bridgehead atoms. The van der Waals surface area contributed by atoms with E-state index in [1.54, 1.807) is 0 Å². The van der Waals surface area contributed by atoms with Crippen LogP contribution in [0.25, 0.3) is 0 Å². The normalized spacial score (nSPS) is 44.6. The summed E-state index contributed by atoms with van der Waals surface area (Å²) in [5, 5.41) is 3.84. The van der Waals surface area contributed by atoms with E-state index in [1.807, 2.05) is 0 Å². The second-order valence-electron chi connectivity index (χ2n) is 7.69. The summed E-state index contributed by atoms with van der Waals surface area (Å²) in [6.07, 6.45) is 5.25. The molecule has 4 atom stereocenters. The summed E-state index contributed by atoms with van der Waals surface area (Å²) in [6, 6.07) is 0. The average molecular weight is 238 g/mol. The Kier molecular flexibility index (Phi) is 3.57. The third kappa shape index (κ3) is 3.23. The van der Waals surface area contributed by atoms with Gasteiger partial charge in [-0.15, -0.1) is 0 Å². The Bertz CT molecular complexity index is 274. The number of hydrogen-bond donors (Lipinski definition) is 2. The van der Waals surface area contributed by atoms with Gasteiger partial charge in [-0.25, -0.2) is 0 Å². The van der Waals surface area contributed by atoms with Crippen molar-refractivity contribution in [2.24, 2.45) is 28.9 Å². The second-order valence-corrected chi connectivity index (χ2v) is 7.69. The van der Waals surface area contributed by atoms with Crippen molar-refractivity contribution in [1.82, 2.24) is 5.32 Å². The lowest BCUT2D eigenvalue weighted by Gasteiger charge is -2.48. The molecule has 2 fully saturated rings. The zero-order valence-corrected chi connectivity index (χ0v) is 12.1. The first-order valence-electron chi connectivity index (χ1n) is 7.31. The Balaban J connectivity index is 1.96. The van der Waals surface area contributed by atoms with Gasteiger partial charge in [0.2, 0.25) is 0 Å². The molecule has 0 aromatic heterocycles. The van der Waals surface area contributed by atoms with Gasteiger partial charge in [0.05, 0.1) is 0 Å². The molecule has 2 heteroatoms. The number of rotatable bonds is 4. The first kappa shape index (κ1) is 13.4. The van der Waals surface area contributed by atoms with Gasteiger partial charge in [0.25, 0.3) is 0 Å². The molecule has 4 unspecified atom stereocenters. The Morgan fingerprint density at radius 3 is 2.35 bits per heavy atom. The van der Waals surface area contributed by atoms with Crippen molar-refractivity contribution >= 4 is 0 Å². The first-order valence-corrected chi connectivity index (χ1v) is 7.31. The van der Waals surface area contributed by atoms with Crippen LogP contribution >= 0.6 is 0 Å². The highest BCUT2D eigenvalue weighted by Gasteiger charge is 2.43. The highest BCUT2D eigenvalue weighted by atomic mass is 15.0. The molecule has 0 aromatic carbocycles. The molecule has 0 aromatic rings. The number of nitrogens with two attached hydrogens (primary N) is 1. The minimum Gasteiger partial charge on any atom is -0.329 e. The summed E-state index contributed by atoms with van der Waals surface area (Å²) in [6.45, 7) is 11.5. The van der Waals surface area contributed by atoms with E-state index in [0.717, 1.165) is 24.3 Å². The van der Waals surface area contributed by atoms with Crippen molar-refractivity contribution in [1.29, 1.82) is 0 Å². The van der Waals surface area contributed by atoms with Crippen molar-refractivity contribution in [3.63, 3.8) is 0 Å². The van der Waals surface area contributed by atoms with E-state index < -0.39 is 0 Å². The van der Waals surface area contributed by atoms with E-state index in [1.165, 1.54) is 32.2 Å². The average Bonchev–Trinajstić information content (AvgIpc) is 2.89. The van der Waals surface area contributed by atoms with E-state index >= 15 is 0 Å². The molecule has 2 saturated carbocycles. The summed E-state index contributed by atoms with van der Waals surface area (Å²) >= 11 is 0. The van der Waals surface area contributed by atoms with E-state index in [0.29, 0.717) is 5.41 Å². The van der Waals surface area contributed by atoms with Gasteiger partial charge in [-0.05, 0) is 55.4 Å². The molecule has 0 amide bonds. The van der Waals surface area contributed by atoms with Crippen molar-refractivity contribution in [2.75, 3.05) is 13.1 Å². The molecule has 0 aliphatic heterocycles. The highest BCUT2D eigenvalue weighted by Crippen LogP contribution is 2.44. The fourth-order valence-electron chi connectivity index (χ4n) is 4.14. The van der Waals surface area contributed by atoms with Crippen LogP contribution in [-0.2, 0) is 0 Å². The van der Waals surface area contributed by atoms with Crippen molar-refractivity contribution < 1.29 is 0 Å². The van der Waals surface area contributed by atoms with Crippen molar-refractivity contribution in [3.8, 4) is 0 Å². The Morgan fingerprint density at radius 1 is 1.24 bits per heavy atom. The molecule has 0 saturated heterocycles. The van der Waals surface area contributed by atoms with Gasteiger partial charge < -0.3 is 11.1 Å². The lowest BCUT2D eigenvalue weighted by molar-refractivity contribution is 0.0852. The van der Waals surface area contributed by atoms with Gasteiger partial charge in [0, 0.05) is 12.1 Å². The third-order valence-corrected chi connectivity index (χ3v) is 4.86. The number of hydrogen-bond acceptors (Lipinski definition) is 2. The maximum absolute atomic E-state index is 6.10. The van der Waals surface area contributed by atoms with E-state index in [-0.39, 0.29) is 5.54 Å². The molecular weight excluding hydrogens is 208 g/mol. The van der Waals surface area contributed by atoms with Gasteiger partial charge in [-0.3, -0.25) is 0 Å². The Morgan fingerprint density at radius 2 is 1.88 bits per heavy atom. The van der Waals surface area contributed by atoms with Gasteiger partial charge in [-0.1, -0.05) is 27.7 Å². The molecule has 2 aliphatic carbocycles. The predicted molar refractivity (Wildman–Crippen MR) is 73.9 cm³/mol. The van der Waals surface area contributed by atoms with Crippen LogP contribution in [0, 0.1) is 23.2 Å². The highest BCUT2D eigenvalue weighted by molar-refractivity contribution is 5.01. The van der Waals surface area contributed by atoms with Crippen molar-refractivity contribution in [2.45, 2.75) is 58.9 Å². The van der Waals surface area contributed by atoms with Gasteiger partial charge in [0.15, 0.2) is 0 Å². The fourth-order valence-corrected chi connectivity index (χ4v) is 4.14. The van der Waals surface area contributed by atoms with Gasteiger partial charge >= 0.3 is 0 Å². The van der Waals surface area contributed by atoms with Crippen molar-refractivity contribution in [3.05, 3.63) is 0 Å². The van der Waals surface area contributed by atoms with E-state index in [2.05, 4.69) is 33.0 Å². The summed E-state index contributed by atoms with van der Waals surface area (Å²) < 4.78 is 0. The molecule has 100 valence electrons. The lowest BCUT2D eigenvalue weighted by atomic mass is 9.64. The van der Waals surface area contributed by atoms with Crippen LogP contribution in [0.1, 0.15) is 53.4 Å². The number of nitrogens with one attached hydrogen (secondary N) is 1. The second kappa shape index (κ2) is 4.55. The van der Waals surface area contributed by atoms with E-state index in [4.69, 9.17) is 5.73 Å². The Labute approximate surface area is 107 Å². The molecule has 0 radical (unpaired) electrons. The molecule has 3 N–H and O–H groups in total. The monoisotopic (exact) mass is 238 g/mol. The molecule has 2 aliphatic rings. The molecule has 2 rings (SSSR count). The topological polar surface area (TPSA) is 38.0 Å². The minimum absolute atomic E-state index is 0.212. The molecule has 0 spiro atoms. The van der Waals surface area contributed by atoms with Crippen LogP contribution in [0.5, 0.6) is 0 Å². The largest absolute Gasteiger partial charge is 0.329 e. The molecule has 0 heterocycles. The van der Waals surface area contributed by atoms with Gasteiger partial charge in [0.1, 0.15) is 0 Å². The molecular formula is C15H30N2. The van der Waals surface area contributed by atoms with Crippen LogP contribution in [0.15, 0.2) is 0 Å². The zero-order valence-electron chi connectivity index (χ0n) is 12.1. The lowest BCUT2D eigenvalue weighted by Crippen LogP contribution is -2.57. The predicted octanol–water partition coefficient (Wildman–Crippen LogP) is 2.78. The maximum Gasteiger partial charge on any atom is 0.0311 e. The summed E-state index contributed by atoms with van der Waals surface area (Å²) in [5.74, 6) is 2.65. The van der Waals surface area contributed by atoms with Crippen LogP contribution in [0.3, 0.4) is 0 Å². The fraction of sp³-hybridized carbons (Fsp3) is 1.00. The standard InChI is InChI=1S/C15H30N2/c1-11-6-14(3,4)9-15(7-11,10-16)17-8-13-5-12(13)2/h11-13,17H,5-10,16H2,1-4H3.